The second-order valence-electron chi connectivity index (χ2n) is 4.40. The van der Waals surface area contributed by atoms with Crippen molar-refractivity contribution in [3.05, 3.63) is 28.8 Å². The number of benzene rings is 1. The summed E-state index contributed by atoms with van der Waals surface area (Å²) in [7, 11) is 1.36. The summed E-state index contributed by atoms with van der Waals surface area (Å²) < 4.78 is 4.63. The lowest BCUT2D eigenvalue weighted by Gasteiger charge is -2.10. The van der Waals surface area contributed by atoms with Gasteiger partial charge in [-0.25, -0.2) is 0 Å². The van der Waals surface area contributed by atoms with Crippen molar-refractivity contribution in [1.29, 1.82) is 0 Å². The van der Waals surface area contributed by atoms with Gasteiger partial charge in [0.1, 0.15) is 0 Å². The van der Waals surface area contributed by atoms with Crippen molar-refractivity contribution >= 4 is 40.9 Å². The zero-order valence-corrected chi connectivity index (χ0v) is 13.3. The number of ether oxygens (including phenoxy) is 1. The van der Waals surface area contributed by atoms with Crippen LogP contribution in [-0.2, 0) is 14.3 Å². The number of carbonyl (C=O) groups is 2. The Kier molecular flexibility index (Phi) is 6.88. The minimum atomic E-state index is -0.261. The van der Waals surface area contributed by atoms with Gasteiger partial charge in [-0.1, -0.05) is 24.6 Å². The molecular weight excluding hydrogens is 298 g/mol. The Morgan fingerprint density at radius 1 is 1.45 bits per heavy atom. The minimum Gasteiger partial charge on any atom is -0.469 e. The number of nitrogens with one attached hydrogen (secondary N) is 1. The smallest absolute Gasteiger partial charge is 0.309 e. The molecule has 1 unspecified atom stereocenters. The number of methoxy groups -OCH3 is 1. The van der Waals surface area contributed by atoms with E-state index in [1.807, 2.05) is 6.92 Å². The van der Waals surface area contributed by atoms with Crippen molar-refractivity contribution < 1.29 is 14.3 Å². The van der Waals surface area contributed by atoms with Gasteiger partial charge in [-0.2, -0.15) is 11.8 Å². The Bertz CT molecular complexity index is 493. The summed E-state index contributed by atoms with van der Waals surface area (Å²) in [5, 5.41) is 3.43. The molecule has 1 atom stereocenters. The van der Waals surface area contributed by atoms with Gasteiger partial charge in [-0.05, 0) is 24.6 Å². The van der Waals surface area contributed by atoms with E-state index in [9.17, 15) is 9.59 Å². The predicted octanol–water partition coefficient (Wildman–Crippen LogP) is 3.13. The van der Waals surface area contributed by atoms with E-state index >= 15 is 0 Å². The molecule has 1 N–H and O–H groups in total. The van der Waals surface area contributed by atoms with Crippen LogP contribution >= 0.6 is 23.4 Å². The van der Waals surface area contributed by atoms with Crippen LogP contribution in [0.3, 0.4) is 0 Å². The molecule has 0 radical (unpaired) electrons. The highest BCUT2D eigenvalue weighted by molar-refractivity contribution is 8.00. The van der Waals surface area contributed by atoms with Crippen molar-refractivity contribution in [1.82, 2.24) is 0 Å². The van der Waals surface area contributed by atoms with Crippen LogP contribution in [0.5, 0.6) is 0 Å². The van der Waals surface area contributed by atoms with Gasteiger partial charge in [0.05, 0.1) is 18.8 Å². The lowest BCUT2D eigenvalue weighted by molar-refractivity contribution is -0.144. The summed E-state index contributed by atoms with van der Waals surface area (Å²) in [6.45, 7) is 3.63. The molecule has 0 bridgehead atoms. The summed E-state index contributed by atoms with van der Waals surface area (Å²) in [5.74, 6) is 0.244. The van der Waals surface area contributed by atoms with E-state index in [0.29, 0.717) is 16.5 Å². The van der Waals surface area contributed by atoms with E-state index in [1.165, 1.54) is 18.9 Å². The van der Waals surface area contributed by atoms with Crippen LogP contribution in [0.25, 0.3) is 0 Å². The maximum absolute atomic E-state index is 11.8. The van der Waals surface area contributed by atoms with Crippen LogP contribution in [0.15, 0.2) is 18.2 Å². The molecule has 20 heavy (non-hydrogen) atoms. The van der Waals surface area contributed by atoms with Crippen LogP contribution < -0.4 is 5.32 Å². The lowest BCUT2D eigenvalue weighted by Crippen LogP contribution is -2.18. The maximum Gasteiger partial charge on any atom is 0.309 e. The van der Waals surface area contributed by atoms with Crippen molar-refractivity contribution in [2.45, 2.75) is 13.8 Å². The number of carbonyl (C=O) groups excluding carboxylic acids is 2. The Hall–Kier alpha value is -1.20. The molecule has 0 heterocycles. The van der Waals surface area contributed by atoms with E-state index < -0.39 is 0 Å². The van der Waals surface area contributed by atoms with Crippen LogP contribution in [-0.4, -0.2) is 30.5 Å². The van der Waals surface area contributed by atoms with Gasteiger partial charge in [-0.3, -0.25) is 9.59 Å². The molecule has 6 heteroatoms. The first kappa shape index (κ1) is 16.9. The first-order chi connectivity index (χ1) is 9.45. The number of rotatable bonds is 6. The van der Waals surface area contributed by atoms with E-state index in [2.05, 4.69) is 10.1 Å². The molecule has 110 valence electrons. The summed E-state index contributed by atoms with van der Waals surface area (Å²) in [6.07, 6.45) is 0. The van der Waals surface area contributed by atoms with Gasteiger partial charge >= 0.3 is 5.97 Å². The third-order valence-electron chi connectivity index (χ3n) is 2.75. The Labute approximate surface area is 128 Å². The zero-order chi connectivity index (χ0) is 15.1. The molecule has 0 aliphatic rings. The highest BCUT2D eigenvalue weighted by Crippen LogP contribution is 2.23. The molecule has 0 saturated carbocycles. The fourth-order valence-electron chi connectivity index (χ4n) is 1.53. The maximum atomic E-state index is 11.8. The standard InChI is InChI=1S/C14H18ClNO3S/c1-9(14(18)19-3)7-20-8-13(17)16-12-6-4-5-11(15)10(12)2/h4-6,9H,7-8H2,1-3H3,(H,16,17). The third kappa shape index (κ3) is 5.06. The SMILES string of the molecule is COC(=O)C(C)CSCC(=O)Nc1cccc(Cl)c1C. The highest BCUT2D eigenvalue weighted by Gasteiger charge is 2.14. The Morgan fingerprint density at radius 2 is 2.15 bits per heavy atom. The summed E-state index contributed by atoms with van der Waals surface area (Å²) in [5.41, 5.74) is 1.56. The average molecular weight is 316 g/mol. The quantitative estimate of drug-likeness (QED) is 0.819. The molecule has 0 spiro atoms. The average Bonchev–Trinajstić information content (AvgIpc) is 2.42. The topological polar surface area (TPSA) is 55.4 Å². The molecule has 1 aromatic carbocycles. The molecule has 4 nitrogen and oxygen atoms in total. The van der Waals surface area contributed by atoms with Crippen LogP contribution in [0, 0.1) is 12.8 Å². The van der Waals surface area contributed by atoms with Crippen molar-refractivity contribution in [3.63, 3.8) is 0 Å². The molecule has 1 aromatic rings. The van der Waals surface area contributed by atoms with Gasteiger partial charge in [-0.15, -0.1) is 0 Å². The molecular formula is C14H18ClNO3S. The molecule has 0 aliphatic heterocycles. The third-order valence-corrected chi connectivity index (χ3v) is 4.36. The predicted molar refractivity (Wildman–Crippen MR) is 83.3 cm³/mol. The van der Waals surface area contributed by atoms with Crippen LogP contribution in [0.1, 0.15) is 12.5 Å². The number of halogens is 1. The number of hydrogen-bond donors (Lipinski definition) is 1. The fraction of sp³-hybridized carbons (Fsp3) is 0.429. The zero-order valence-electron chi connectivity index (χ0n) is 11.7. The largest absolute Gasteiger partial charge is 0.469 e. The van der Waals surface area contributed by atoms with Crippen LogP contribution in [0.4, 0.5) is 5.69 Å². The van der Waals surface area contributed by atoms with Crippen molar-refractivity contribution in [2.24, 2.45) is 5.92 Å². The van der Waals surface area contributed by atoms with E-state index in [4.69, 9.17) is 11.6 Å². The van der Waals surface area contributed by atoms with Crippen LogP contribution in [0.2, 0.25) is 5.02 Å². The number of esters is 1. The van der Waals surface area contributed by atoms with Gasteiger partial charge < -0.3 is 10.1 Å². The normalized spacial score (nSPS) is 11.8. The van der Waals surface area contributed by atoms with E-state index in [0.717, 1.165) is 5.56 Å². The second-order valence-corrected chi connectivity index (χ2v) is 5.84. The monoisotopic (exact) mass is 315 g/mol. The summed E-state index contributed by atoms with van der Waals surface area (Å²) in [6, 6.07) is 5.37. The number of anilines is 1. The molecule has 0 aliphatic carbocycles. The minimum absolute atomic E-state index is 0.113. The van der Waals surface area contributed by atoms with Gasteiger partial charge in [0.25, 0.3) is 0 Å². The highest BCUT2D eigenvalue weighted by atomic mass is 35.5. The van der Waals surface area contributed by atoms with E-state index in [1.54, 1.807) is 25.1 Å². The summed E-state index contributed by atoms with van der Waals surface area (Å²) >= 11 is 7.38. The summed E-state index contributed by atoms with van der Waals surface area (Å²) in [4.78, 5) is 23.0. The first-order valence-electron chi connectivity index (χ1n) is 6.16. The van der Waals surface area contributed by atoms with Crippen molar-refractivity contribution in [2.75, 3.05) is 23.9 Å². The molecule has 1 rings (SSSR count). The van der Waals surface area contributed by atoms with Crippen molar-refractivity contribution in [3.8, 4) is 0 Å². The number of hydrogen-bond acceptors (Lipinski definition) is 4. The molecule has 0 fully saturated rings. The molecule has 1 amide bonds. The van der Waals surface area contributed by atoms with E-state index in [-0.39, 0.29) is 23.5 Å². The molecule has 0 saturated heterocycles. The second kappa shape index (κ2) is 8.17. The Morgan fingerprint density at radius 3 is 2.80 bits per heavy atom. The first-order valence-corrected chi connectivity index (χ1v) is 7.69. The molecule has 0 aromatic heterocycles. The lowest BCUT2D eigenvalue weighted by atomic mass is 10.2. The van der Waals surface area contributed by atoms with Gasteiger partial charge in [0.15, 0.2) is 0 Å². The Balaban J connectivity index is 2.41. The number of amides is 1. The van der Waals surface area contributed by atoms with Gasteiger partial charge in [0.2, 0.25) is 5.91 Å². The number of thioether (sulfide) groups is 1. The van der Waals surface area contributed by atoms with Gasteiger partial charge in [0, 0.05) is 16.5 Å². The fourth-order valence-corrected chi connectivity index (χ4v) is 2.57.